The SMILES string of the molecule is CC(C)(C)[Si](C)(C)Cc1cccc(O)c1.Cl.Cl.[Ti]. The van der Waals surface area contributed by atoms with Crippen molar-refractivity contribution >= 4 is 32.9 Å². The van der Waals surface area contributed by atoms with E-state index in [1.807, 2.05) is 12.1 Å². The molecule has 1 rings (SSSR count). The summed E-state index contributed by atoms with van der Waals surface area (Å²) in [6.45, 7) is 11.8. The second-order valence-electron chi connectivity index (χ2n) is 5.98. The number of phenols is 1. The summed E-state index contributed by atoms with van der Waals surface area (Å²) in [6, 6.07) is 8.79. The van der Waals surface area contributed by atoms with Crippen LogP contribution in [0.3, 0.4) is 0 Å². The number of rotatable bonds is 2. The molecule has 0 spiro atoms. The van der Waals surface area contributed by atoms with Crippen LogP contribution in [0.4, 0.5) is 0 Å². The Bertz CT molecular complexity index is 351. The van der Waals surface area contributed by atoms with Crippen LogP contribution in [0.5, 0.6) is 5.75 Å². The Morgan fingerprint density at radius 3 is 2.00 bits per heavy atom. The van der Waals surface area contributed by atoms with Crippen molar-refractivity contribution in [1.29, 1.82) is 0 Å². The van der Waals surface area contributed by atoms with Crippen LogP contribution in [0, 0.1) is 0 Å². The summed E-state index contributed by atoms with van der Waals surface area (Å²) in [5, 5.41) is 9.83. The van der Waals surface area contributed by atoms with Crippen LogP contribution < -0.4 is 0 Å². The van der Waals surface area contributed by atoms with Crippen LogP contribution in [-0.4, -0.2) is 13.2 Å². The van der Waals surface area contributed by atoms with Crippen LogP contribution in [0.15, 0.2) is 24.3 Å². The van der Waals surface area contributed by atoms with Gasteiger partial charge in [0.05, 0.1) is 8.07 Å². The molecule has 0 saturated heterocycles. The maximum atomic E-state index is 9.43. The fraction of sp³-hybridized carbons (Fsp3) is 0.538. The third-order valence-electron chi connectivity index (χ3n) is 3.59. The van der Waals surface area contributed by atoms with E-state index in [1.165, 1.54) is 5.56 Å². The van der Waals surface area contributed by atoms with Crippen LogP contribution in [0.1, 0.15) is 26.3 Å². The first-order valence-corrected chi connectivity index (χ1v) is 8.71. The number of phenolic OH excluding ortho intramolecular Hbond substituents is 1. The standard InChI is InChI=1S/C13H22OSi.2ClH.Ti/c1-13(2,3)15(4,5)10-11-7-6-8-12(14)9-11;;;/h6-9,14H,10H2,1-5H3;2*1H;. The van der Waals surface area contributed by atoms with Gasteiger partial charge in [-0.15, -0.1) is 24.8 Å². The number of benzene rings is 1. The molecule has 0 radical (unpaired) electrons. The molecule has 0 aliphatic heterocycles. The molecule has 18 heavy (non-hydrogen) atoms. The zero-order chi connectivity index (χ0) is 11.7. The maximum absolute atomic E-state index is 9.43. The minimum Gasteiger partial charge on any atom is -0.508 e. The van der Waals surface area contributed by atoms with Gasteiger partial charge in [-0.05, 0) is 28.8 Å². The average Bonchev–Trinajstić information content (AvgIpc) is 2.00. The van der Waals surface area contributed by atoms with Crippen LogP contribution >= 0.6 is 24.8 Å². The monoisotopic (exact) mass is 342 g/mol. The molecule has 0 saturated carbocycles. The van der Waals surface area contributed by atoms with E-state index in [0.717, 1.165) is 6.04 Å². The quantitative estimate of drug-likeness (QED) is 0.763. The van der Waals surface area contributed by atoms with Gasteiger partial charge in [-0.25, -0.2) is 0 Å². The Morgan fingerprint density at radius 2 is 1.61 bits per heavy atom. The van der Waals surface area contributed by atoms with Gasteiger partial charge in [0.1, 0.15) is 5.75 Å². The molecule has 0 atom stereocenters. The van der Waals surface area contributed by atoms with Gasteiger partial charge in [0, 0.05) is 21.7 Å². The fourth-order valence-electron chi connectivity index (χ4n) is 1.44. The number of hydrogen-bond acceptors (Lipinski definition) is 1. The summed E-state index contributed by atoms with van der Waals surface area (Å²) in [6.07, 6.45) is 0. The van der Waals surface area contributed by atoms with E-state index in [2.05, 4.69) is 39.9 Å². The van der Waals surface area contributed by atoms with E-state index < -0.39 is 8.07 Å². The molecule has 1 aromatic carbocycles. The summed E-state index contributed by atoms with van der Waals surface area (Å²) in [4.78, 5) is 0. The molecule has 0 fully saturated rings. The van der Waals surface area contributed by atoms with E-state index in [0.29, 0.717) is 10.8 Å². The largest absolute Gasteiger partial charge is 0.508 e. The number of hydrogen-bond donors (Lipinski definition) is 1. The van der Waals surface area contributed by atoms with E-state index in [4.69, 9.17) is 0 Å². The van der Waals surface area contributed by atoms with Crippen LogP contribution in [-0.2, 0) is 27.8 Å². The van der Waals surface area contributed by atoms with Crippen molar-refractivity contribution in [3.05, 3.63) is 29.8 Å². The second kappa shape index (κ2) is 8.65. The smallest absolute Gasteiger partial charge is 0.115 e. The molecule has 1 N–H and O–H groups in total. The molecule has 0 amide bonds. The molecule has 1 aromatic rings. The molecular weight excluding hydrogens is 319 g/mol. The Balaban J connectivity index is -0.000000750. The number of aromatic hydroxyl groups is 1. The van der Waals surface area contributed by atoms with Gasteiger partial charge in [-0.3, -0.25) is 0 Å². The molecule has 0 unspecified atom stereocenters. The minimum absolute atomic E-state index is 0. The summed E-state index contributed by atoms with van der Waals surface area (Å²) < 4.78 is 0. The molecule has 104 valence electrons. The van der Waals surface area contributed by atoms with E-state index in [1.54, 1.807) is 6.07 Å². The molecule has 5 heteroatoms. The predicted octanol–water partition coefficient (Wildman–Crippen LogP) is 4.82. The Labute approximate surface area is 139 Å². The first-order valence-electron chi connectivity index (χ1n) is 5.50. The minimum atomic E-state index is -1.28. The zero-order valence-electron chi connectivity index (χ0n) is 11.8. The van der Waals surface area contributed by atoms with Gasteiger partial charge < -0.3 is 5.11 Å². The third-order valence-corrected chi connectivity index (χ3v) is 8.94. The van der Waals surface area contributed by atoms with Crippen LogP contribution in [0.25, 0.3) is 0 Å². The van der Waals surface area contributed by atoms with E-state index >= 15 is 0 Å². The predicted molar refractivity (Wildman–Crippen MR) is 83.5 cm³/mol. The molecule has 0 bridgehead atoms. The molecule has 0 heterocycles. The van der Waals surface area contributed by atoms with Crippen molar-refractivity contribution in [3.63, 3.8) is 0 Å². The first kappa shape index (κ1) is 23.6. The summed E-state index contributed by atoms with van der Waals surface area (Å²) >= 11 is 0. The third kappa shape index (κ3) is 6.63. The zero-order valence-corrected chi connectivity index (χ0v) is 16.0. The Hall–Kier alpha value is 0.531. The van der Waals surface area contributed by atoms with Gasteiger partial charge in [-0.1, -0.05) is 46.0 Å². The van der Waals surface area contributed by atoms with Crippen molar-refractivity contribution in [2.45, 2.75) is 44.9 Å². The van der Waals surface area contributed by atoms with Crippen molar-refractivity contribution in [2.75, 3.05) is 0 Å². The normalized spacial score (nSPS) is 10.7. The fourth-order valence-corrected chi connectivity index (χ4v) is 3.21. The number of halogens is 2. The van der Waals surface area contributed by atoms with E-state index in [9.17, 15) is 5.11 Å². The molecule has 0 aliphatic rings. The van der Waals surface area contributed by atoms with Gasteiger partial charge in [0.15, 0.2) is 0 Å². The second-order valence-corrected chi connectivity index (χ2v) is 11.6. The van der Waals surface area contributed by atoms with Gasteiger partial charge in [0.25, 0.3) is 0 Å². The van der Waals surface area contributed by atoms with Crippen molar-refractivity contribution < 1.29 is 26.8 Å². The van der Waals surface area contributed by atoms with Crippen molar-refractivity contribution in [2.24, 2.45) is 0 Å². The van der Waals surface area contributed by atoms with Gasteiger partial charge >= 0.3 is 0 Å². The molecule has 1 nitrogen and oxygen atoms in total. The van der Waals surface area contributed by atoms with E-state index in [-0.39, 0.29) is 46.5 Å². The average molecular weight is 343 g/mol. The Morgan fingerprint density at radius 1 is 1.11 bits per heavy atom. The van der Waals surface area contributed by atoms with Gasteiger partial charge in [0.2, 0.25) is 0 Å². The van der Waals surface area contributed by atoms with Crippen molar-refractivity contribution in [3.8, 4) is 5.75 Å². The topological polar surface area (TPSA) is 20.2 Å². The molecular formula is C13H24Cl2OSiTi. The maximum Gasteiger partial charge on any atom is 0.115 e. The summed E-state index contributed by atoms with van der Waals surface area (Å²) in [5.41, 5.74) is 1.27. The van der Waals surface area contributed by atoms with Gasteiger partial charge in [-0.2, -0.15) is 0 Å². The molecule has 0 aliphatic carbocycles. The molecule has 0 aromatic heterocycles. The Kier molecular flexibility index (Phi) is 11.3. The first-order chi connectivity index (χ1) is 6.72. The van der Waals surface area contributed by atoms with Crippen LogP contribution in [0.2, 0.25) is 18.1 Å². The summed E-state index contributed by atoms with van der Waals surface area (Å²) in [7, 11) is -1.28. The summed E-state index contributed by atoms with van der Waals surface area (Å²) in [5.74, 6) is 0.381. The van der Waals surface area contributed by atoms with Crippen molar-refractivity contribution in [1.82, 2.24) is 0 Å².